The highest BCUT2D eigenvalue weighted by molar-refractivity contribution is 6.06. The second-order valence-electron chi connectivity index (χ2n) is 8.08. The van der Waals surface area contributed by atoms with Crippen LogP contribution in [0.4, 0.5) is 11.6 Å². The van der Waals surface area contributed by atoms with Crippen LogP contribution in [-0.4, -0.2) is 32.8 Å². The van der Waals surface area contributed by atoms with Gasteiger partial charge in [0.05, 0.1) is 18.4 Å². The van der Waals surface area contributed by atoms with E-state index in [1.807, 2.05) is 68.4 Å². The number of pyridine rings is 1. The number of anilines is 2. The number of nitrogens with zero attached hydrogens (tertiary/aromatic N) is 4. The summed E-state index contributed by atoms with van der Waals surface area (Å²) in [6.07, 6.45) is 3.43. The summed E-state index contributed by atoms with van der Waals surface area (Å²) in [6.45, 7) is 3.90. The molecule has 34 heavy (non-hydrogen) atoms. The molecule has 1 atom stereocenters. The van der Waals surface area contributed by atoms with E-state index in [4.69, 9.17) is 9.84 Å². The van der Waals surface area contributed by atoms with Crippen LogP contribution in [0.1, 0.15) is 24.1 Å². The molecule has 4 aromatic rings. The molecular formula is C26H24N6O2. The Morgan fingerprint density at radius 2 is 1.94 bits per heavy atom. The third kappa shape index (κ3) is 3.90. The zero-order valence-corrected chi connectivity index (χ0v) is 19.1. The van der Waals surface area contributed by atoms with Gasteiger partial charge in [-0.2, -0.15) is 4.98 Å². The largest absolute Gasteiger partial charge is 0.495 e. The van der Waals surface area contributed by atoms with E-state index < -0.39 is 6.04 Å². The zero-order chi connectivity index (χ0) is 23.7. The first-order valence-electron chi connectivity index (χ1n) is 10.9. The minimum absolute atomic E-state index is 0.245. The SMILES string of the molecule is COc1ccccc1NC(=O)C1=C(C)Nc2nc(-c3cccnc3)nn2C1c1cccc(C)c1. The van der Waals surface area contributed by atoms with Gasteiger partial charge >= 0.3 is 0 Å². The number of fused-ring (bicyclic) bond motifs is 1. The Bertz CT molecular complexity index is 1390. The van der Waals surface area contributed by atoms with Crippen LogP contribution in [0.25, 0.3) is 11.4 Å². The Labute approximate surface area is 197 Å². The highest BCUT2D eigenvalue weighted by Gasteiger charge is 2.34. The van der Waals surface area contributed by atoms with E-state index in [-0.39, 0.29) is 5.91 Å². The number of amides is 1. The highest BCUT2D eigenvalue weighted by atomic mass is 16.5. The van der Waals surface area contributed by atoms with Gasteiger partial charge in [-0.1, -0.05) is 42.0 Å². The first-order chi connectivity index (χ1) is 16.5. The second kappa shape index (κ2) is 8.82. The topological polar surface area (TPSA) is 94.0 Å². The Morgan fingerprint density at radius 3 is 2.71 bits per heavy atom. The van der Waals surface area contributed by atoms with Crippen molar-refractivity contribution in [3.63, 3.8) is 0 Å². The van der Waals surface area contributed by atoms with Crippen molar-refractivity contribution in [3.05, 3.63) is 95.5 Å². The van der Waals surface area contributed by atoms with Crippen LogP contribution < -0.4 is 15.4 Å². The van der Waals surface area contributed by atoms with Crippen LogP contribution in [0, 0.1) is 6.92 Å². The van der Waals surface area contributed by atoms with Crippen molar-refractivity contribution in [2.45, 2.75) is 19.9 Å². The van der Waals surface area contributed by atoms with E-state index in [1.54, 1.807) is 24.2 Å². The van der Waals surface area contributed by atoms with E-state index in [0.29, 0.717) is 34.5 Å². The molecule has 0 spiro atoms. The van der Waals surface area contributed by atoms with Gasteiger partial charge in [-0.15, -0.1) is 5.10 Å². The molecule has 0 fully saturated rings. The summed E-state index contributed by atoms with van der Waals surface area (Å²) in [7, 11) is 1.58. The molecule has 1 unspecified atom stereocenters. The summed E-state index contributed by atoms with van der Waals surface area (Å²) in [5, 5.41) is 11.1. The van der Waals surface area contributed by atoms with Crippen molar-refractivity contribution in [1.29, 1.82) is 0 Å². The molecule has 0 saturated heterocycles. The summed E-state index contributed by atoms with van der Waals surface area (Å²) in [5.74, 6) is 1.44. The standard InChI is InChI=1S/C26H24N6O2/c1-16-8-6-9-18(14-16)23-22(25(33)29-20-11-4-5-12-21(20)34-3)17(2)28-26-30-24(31-32(23)26)19-10-7-13-27-15-19/h4-15,23H,1-3H3,(H,29,33)(H,28,30,31). The molecule has 0 aliphatic carbocycles. The fourth-order valence-corrected chi connectivity index (χ4v) is 4.15. The number of nitrogens with one attached hydrogen (secondary N) is 2. The zero-order valence-electron chi connectivity index (χ0n) is 19.1. The summed E-state index contributed by atoms with van der Waals surface area (Å²) >= 11 is 0. The maximum Gasteiger partial charge on any atom is 0.255 e. The molecule has 8 nitrogen and oxygen atoms in total. The van der Waals surface area contributed by atoms with Crippen molar-refractivity contribution in [3.8, 4) is 17.1 Å². The van der Waals surface area contributed by atoms with Gasteiger partial charge in [0.25, 0.3) is 5.91 Å². The Hall–Kier alpha value is -4.46. The molecule has 1 amide bonds. The molecular weight excluding hydrogens is 428 g/mol. The summed E-state index contributed by atoms with van der Waals surface area (Å²) < 4.78 is 7.18. The van der Waals surface area contributed by atoms with Crippen LogP contribution in [0.3, 0.4) is 0 Å². The lowest BCUT2D eigenvalue weighted by Crippen LogP contribution is -2.31. The number of methoxy groups -OCH3 is 1. The fraction of sp³-hybridized carbons (Fsp3) is 0.154. The molecule has 1 aliphatic rings. The van der Waals surface area contributed by atoms with E-state index in [0.717, 1.165) is 16.7 Å². The molecule has 8 heteroatoms. The Kier molecular flexibility index (Phi) is 5.55. The quantitative estimate of drug-likeness (QED) is 0.460. The first kappa shape index (κ1) is 21.4. The van der Waals surface area contributed by atoms with Crippen molar-refractivity contribution in [2.24, 2.45) is 0 Å². The van der Waals surface area contributed by atoms with E-state index in [1.165, 1.54) is 0 Å². The number of rotatable bonds is 5. The van der Waals surface area contributed by atoms with Crippen LogP contribution in [0.5, 0.6) is 5.75 Å². The number of benzene rings is 2. The number of carbonyl (C=O) groups excluding carboxylic acids is 1. The van der Waals surface area contributed by atoms with Crippen LogP contribution in [0.15, 0.2) is 84.3 Å². The monoisotopic (exact) mass is 452 g/mol. The normalized spacial score (nSPS) is 14.9. The third-order valence-corrected chi connectivity index (χ3v) is 5.73. The molecule has 2 aromatic carbocycles. The lowest BCUT2D eigenvalue weighted by molar-refractivity contribution is -0.113. The molecule has 5 rings (SSSR count). The average Bonchev–Trinajstić information content (AvgIpc) is 3.27. The number of aromatic nitrogens is 4. The number of para-hydroxylation sites is 2. The average molecular weight is 453 g/mol. The molecule has 170 valence electrons. The van der Waals surface area contributed by atoms with Crippen molar-refractivity contribution in [2.75, 3.05) is 17.7 Å². The molecule has 0 bridgehead atoms. The fourth-order valence-electron chi connectivity index (χ4n) is 4.15. The maximum atomic E-state index is 13.7. The van der Waals surface area contributed by atoms with Gasteiger partial charge < -0.3 is 15.4 Å². The molecule has 2 aromatic heterocycles. The molecule has 0 radical (unpaired) electrons. The molecule has 0 saturated carbocycles. The Morgan fingerprint density at radius 1 is 1.09 bits per heavy atom. The van der Waals surface area contributed by atoms with Crippen molar-refractivity contribution < 1.29 is 9.53 Å². The van der Waals surface area contributed by atoms with Crippen LogP contribution >= 0.6 is 0 Å². The van der Waals surface area contributed by atoms with Gasteiger partial charge in [0.2, 0.25) is 5.95 Å². The van der Waals surface area contributed by atoms with Crippen molar-refractivity contribution >= 4 is 17.5 Å². The smallest absolute Gasteiger partial charge is 0.255 e. The highest BCUT2D eigenvalue weighted by Crippen LogP contribution is 2.37. The molecule has 1 aliphatic heterocycles. The van der Waals surface area contributed by atoms with E-state index in [2.05, 4.69) is 26.7 Å². The van der Waals surface area contributed by atoms with Gasteiger partial charge in [-0.25, -0.2) is 4.68 Å². The number of ether oxygens (including phenoxy) is 1. The summed E-state index contributed by atoms with van der Waals surface area (Å²) in [5.41, 5.74) is 4.68. The molecule has 2 N–H and O–H groups in total. The predicted octanol–water partition coefficient (Wildman–Crippen LogP) is 4.58. The van der Waals surface area contributed by atoms with Gasteiger partial charge in [0, 0.05) is 23.7 Å². The second-order valence-corrected chi connectivity index (χ2v) is 8.08. The third-order valence-electron chi connectivity index (χ3n) is 5.73. The Balaban J connectivity index is 1.61. The van der Waals surface area contributed by atoms with Crippen LogP contribution in [-0.2, 0) is 4.79 Å². The lowest BCUT2D eigenvalue weighted by atomic mass is 9.94. The van der Waals surface area contributed by atoms with Gasteiger partial charge in [-0.3, -0.25) is 9.78 Å². The predicted molar refractivity (Wildman–Crippen MR) is 131 cm³/mol. The van der Waals surface area contributed by atoms with Gasteiger partial charge in [-0.05, 0) is 43.7 Å². The maximum absolute atomic E-state index is 13.7. The number of hydrogen-bond donors (Lipinski definition) is 2. The lowest BCUT2D eigenvalue weighted by Gasteiger charge is -2.29. The number of hydrogen-bond acceptors (Lipinski definition) is 6. The van der Waals surface area contributed by atoms with E-state index >= 15 is 0 Å². The minimum Gasteiger partial charge on any atom is -0.495 e. The minimum atomic E-state index is -0.469. The number of carbonyl (C=O) groups is 1. The first-order valence-corrected chi connectivity index (χ1v) is 10.9. The van der Waals surface area contributed by atoms with Gasteiger partial charge in [0.15, 0.2) is 5.82 Å². The van der Waals surface area contributed by atoms with Crippen LogP contribution in [0.2, 0.25) is 0 Å². The van der Waals surface area contributed by atoms with Gasteiger partial charge in [0.1, 0.15) is 11.8 Å². The van der Waals surface area contributed by atoms with Crippen molar-refractivity contribution in [1.82, 2.24) is 19.7 Å². The number of aryl methyl sites for hydroxylation is 1. The van der Waals surface area contributed by atoms with E-state index in [9.17, 15) is 4.79 Å². The molecule has 3 heterocycles. The number of allylic oxidation sites excluding steroid dienone is 1. The summed E-state index contributed by atoms with van der Waals surface area (Å²) in [6, 6.07) is 18.7. The summed E-state index contributed by atoms with van der Waals surface area (Å²) in [4.78, 5) is 22.5.